The summed E-state index contributed by atoms with van der Waals surface area (Å²) in [4.78, 5) is 14.7. The third-order valence-corrected chi connectivity index (χ3v) is 2.17. The van der Waals surface area contributed by atoms with Crippen LogP contribution in [0.4, 0.5) is 4.39 Å². The predicted octanol–water partition coefficient (Wildman–Crippen LogP) is 1.40. The predicted molar refractivity (Wildman–Crippen MR) is 54.6 cm³/mol. The van der Waals surface area contributed by atoms with Gasteiger partial charge in [-0.05, 0) is 29.1 Å². The molecule has 15 heavy (non-hydrogen) atoms. The number of benzene rings is 1. The summed E-state index contributed by atoms with van der Waals surface area (Å²) in [5.74, 6) is -0.856. The summed E-state index contributed by atoms with van der Waals surface area (Å²) < 4.78 is 13.2. The number of carbonyl (C=O) groups is 1. The monoisotopic (exact) mass is 204 g/mol. The quantitative estimate of drug-likeness (QED) is 0.803. The lowest BCUT2D eigenvalue weighted by atomic mass is 10.0. The van der Waals surface area contributed by atoms with E-state index in [1.54, 1.807) is 18.5 Å². The van der Waals surface area contributed by atoms with Crippen LogP contribution in [0.25, 0.3) is 10.8 Å². The first-order valence-corrected chi connectivity index (χ1v) is 4.47. The normalized spacial score (nSPS) is 10.5. The van der Waals surface area contributed by atoms with Crippen LogP contribution in [0.15, 0.2) is 30.6 Å². The van der Waals surface area contributed by atoms with Crippen molar-refractivity contribution >= 4 is 16.7 Å². The summed E-state index contributed by atoms with van der Waals surface area (Å²) in [6.45, 7) is 0. The third kappa shape index (κ3) is 1.93. The fourth-order valence-corrected chi connectivity index (χ4v) is 1.58. The van der Waals surface area contributed by atoms with Gasteiger partial charge in [0, 0.05) is 17.8 Å². The Morgan fingerprint density at radius 2 is 2.27 bits per heavy atom. The summed E-state index contributed by atoms with van der Waals surface area (Å²) in [6.07, 6.45) is 3.20. The molecule has 0 saturated heterocycles. The van der Waals surface area contributed by atoms with E-state index in [1.807, 2.05) is 0 Å². The molecule has 0 atom stereocenters. The number of amides is 1. The second-order valence-corrected chi connectivity index (χ2v) is 3.30. The van der Waals surface area contributed by atoms with Crippen molar-refractivity contribution in [1.29, 1.82) is 0 Å². The maximum atomic E-state index is 13.2. The summed E-state index contributed by atoms with van der Waals surface area (Å²) in [5, 5.41) is 1.49. The number of hydrogen-bond acceptors (Lipinski definition) is 2. The smallest absolute Gasteiger partial charge is 0.221 e. The van der Waals surface area contributed by atoms with Gasteiger partial charge in [0.2, 0.25) is 5.91 Å². The maximum Gasteiger partial charge on any atom is 0.221 e. The molecule has 1 heterocycles. The van der Waals surface area contributed by atoms with Crippen molar-refractivity contribution in [1.82, 2.24) is 4.98 Å². The molecule has 0 unspecified atom stereocenters. The number of nitrogens with two attached hydrogens (primary N) is 1. The van der Waals surface area contributed by atoms with Crippen LogP contribution < -0.4 is 5.73 Å². The molecule has 76 valence electrons. The van der Waals surface area contributed by atoms with Gasteiger partial charge in [-0.3, -0.25) is 9.78 Å². The fraction of sp³-hybridized carbons (Fsp3) is 0.0909. The molecule has 2 rings (SSSR count). The highest BCUT2D eigenvalue weighted by Gasteiger charge is 2.06. The number of halogens is 1. The number of primary amides is 1. The van der Waals surface area contributed by atoms with Crippen LogP contribution >= 0.6 is 0 Å². The van der Waals surface area contributed by atoms with E-state index in [9.17, 15) is 9.18 Å². The number of aromatic nitrogens is 1. The Morgan fingerprint density at radius 1 is 1.47 bits per heavy atom. The van der Waals surface area contributed by atoms with E-state index in [1.165, 1.54) is 12.1 Å². The lowest BCUT2D eigenvalue weighted by Crippen LogP contribution is -2.14. The molecule has 1 aromatic heterocycles. The van der Waals surface area contributed by atoms with Crippen molar-refractivity contribution in [3.63, 3.8) is 0 Å². The van der Waals surface area contributed by atoms with Crippen LogP contribution in [0.2, 0.25) is 0 Å². The Morgan fingerprint density at radius 3 is 3.00 bits per heavy atom. The highest BCUT2D eigenvalue weighted by atomic mass is 19.1. The van der Waals surface area contributed by atoms with Crippen molar-refractivity contribution in [2.45, 2.75) is 6.42 Å². The topological polar surface area (TPSA) is 56.0 Å². The summed E-state index contributed by atoms with van der Waals surface area (Å²) in [5.41, 5.74) is 5.69. The SMILES string of the molecule is NC(=O)Cc1cc(F)cc2cnccc12. The molecule has 4 heteroatoms. The second-order valence-electron chi connectivity index (χ2n) is 3.30. The molecule has 1 aromatic carbocycles. The minimum Gasteiger partial charge on any atom is -0.369 e. The molecule has 0 aliphatic heterocycles. The average molecular weight is 204 g/mol. The fourth-order valence-electron chi connectivity index (χ4n) is 1.58. The number of rotatable bonds is 2. The Kier molecular flexibility index (Phi) is 2.33. The first-order valence-electron chi connectivity index (χ1n) is 4.47. The highest BCUT2D eigenvalue weighted by molar-refractivity contribution is 5.89. The van der Waals surface area contributed by atoms with Crippen LogP contribution in [-0.4, -0.2) is 10.9 Å². The molecule has 0 radical (unpaired) electrons. The van der Waals surface area contributed by atoms with Crippen molar-refractivity contribution < 1.29 is 9.18 Å². The zero-order valence-electron chi connectivity index (χ0n) is 7.90. The van der Waals surface area contributed by atoms with E-state index in [4.69, 9.17) is 5.73 Å². The van der Waals surface area contributed by atoms with Gasteiger partial charge in [0.1, 0.15) is 5.82 Å². The van der Waals surface area contributed by atoms with Gasteiger partial charge in [0.25, 0.3) is 0 Å². The minimum atomic E-state index is -0.473. The summed E-state index contributed by atoms with van der Waals surface area (Å²) in [7, 11) is 0. The van der Waals surface area contributed by atoms with Gasteiger partial charge in [-0.1, -0.05) is 0 Å². The van der Waals surface area contributed by atoms with Gasteiger partial charge >= 0.3 is 0 Å². The van der Waals surface area contributed by atoms with E-state index in [-0.39, 0.29) is 12.2 Å². The number of nitrogens with zero attached hydrogens (tertiary/aromatic N) is 1. The van der Waals surface area contributed by atoms with Gasteiger partial charge in [0.05, 0.1) is 6.42 Å². The standard InChI is InChI=1S/C11H9FN2O/c12-9-3-7(5-11(13)15)10-1-2-14-6-8(10)4-9/h1-4,6H,5H2,(H2,13,15). The lowest BCUT2D eigenvalue weighted by Gasteiger charge is -2.04. The maximum absolute atomic E-state index is 13.2. The Bertz CT molecular complexity index is 525. The molecular formula is C11H9FN2O. The van der Waals surface area contributed by atoms with Crippen molar-refractivity contribution in [3.05, 3.63) is 42.0 Å². The first-order chi connectivity index (χ1) is 7.16. The van der Waals surface area contributed by atoms with E-state index in [2.05, 4.69) is 4.98 Å². The van der Waals surface area contributed by atoms with E-state index in [0.29, 0.717) is 10.9 Å². The van der Waals surface area contributed by atoms with Crippen LogP contribution in [-0.2, 0) is 11.2 Å². The first kappa shape index (κ1) is 9.58. The number of fused-ring (bicyclic) bond motifs is 1. The van der Waals surface area contributed by atoms with E-state index >= 15 is 0 Å². The molecule has 2 N–H and O–H groups in total. The summed E-state index contributed by atoms with van der Waals surface area (Å²) in [6, 6.07) is 4.45. The zero-order valence-corrected chi connectivity index (χ0v) is 7.90. The molecule has 0 spiro atoms. The van der Waals surface area contributed by atoms with E-state index in [0.717, 1.165) is 5.39 Å². The lowest BCUT2D eigenvalue weighted by molar-refractivity contribution is -0.117. The van der Waals surface area contributed by atoms with Gasteiger partial charge < -0.3 is 5.73 Å². The molecule has 0 saturated carbocycles. The molecule has 3 nitrogen and oxygen atoms in total. The molecule has 0 aliphatic rings. The van der Waals surface area contributed by atoms with Crippen LogP contribution in [0.1, 0.15) is 5.56 Å². The zero-order chi connectivity index (χ0) is 10.8. The molecule has 0 bridgehead atoms. The average Bonchev–Trinajstić information content (AvgIpc) is 2.16. The van der Waals surface area contributed by atoms with Crippen molar-refractivity contribution in [2.24, 2.45) is 5.73 Å². The van der Waals surface area contributed by atoms with Crippen molar-refractivity contribution in [2.75, 3.05) is 0 Å². The van der Waals surface area contributed by atoms with Crippen LogP contribution in [0.3, 0.4) is 0 Å². The Labute approximate surface area is 85.7 Å². The van der Waals surface area contributed by atoms with Gasteiger partial charge in [-0.25, -0.2) is 4.39 Å². The number of hydrogen-bond donors (Lipinski definition) is 1. The summed E-state index contributed by atoms with van der Waals surface area (Å²) >= 11 is 0. The van der Waals surface area contributed by atoms with Crippen LogP contribution in [0.5, 0.6) is 0 Å². The molecule has 0 aliphatic carbocycles. The van der Waals surface area contributed by atoms with Crippen LogP contribution in [0, 0.1) is 5.82 Å². The van der Waals surface area contributed by atoms with Gasteiger partial charge in [-0.15, -0.1) is 0 Å². The van der Waals surface area contributed by atoms with E-state index < -0.39 is 5.91 Å². The number of pyridine rings is 1. The highest BCUT2D eigenvalue weighted by Crippen LogP contribution is 2.19. The Balaban J connectivity index is 2.65. The van der Waals surface area contributed by atoms with Gasteiger partial charge in [0.15, 0.2) is 0 Å². The second kappa shape index (κ2) is 3.65. The van der Waals surface area contributed by atoms with Crippen molar-refractivity contribution in [3.8, 4) is 0 Å². The Hall–Kier alpha value is -1.97. The molecule has 2 aromatic rings. The molecule has 0 fully saturated rings. The third-order valence-electron chi connectivity index (χ3n) is 2.17. The minimum absolute atomic E-state index is 0.0400. The molecule has 1 amide bonds. The number of carbonyl (C=O) groups excluding carboxylic acids is 1. The van der Waals surface area contributed by atoms with Gasteiger partial charge in [-0.2, -0.15) is 0 Å². The molecular weight excluding hydrogens is 195 g/mol. The largest absolute Gasteiger partial charge is 0.369 e.